The fraction of sp³-hybridized carbons (Fsp3) is 0.250. The van der Waals surface area contributed by atoms with Gasteiger partial charge in [0.15, 0.2) is 0 Å². The van der Waals surface area contributed by atoms with Crippen molar-refractivity contribution < 1.29 is 10.2 Å². The number of aromatic nitrogens is 1. The Kier molecular flexibility index (Phi) is 8.15. The molecule has 0 saturated heterocycles. The molecule has 7 heteroatoms. The Hall–Kier alpha value is -3.65. The molecule has 3 aromatic carbocycles. The third-order valence-corrected chi connectivity index (χ3v) is 6.21. The molecule has 0 aliphatic heterocycles. The molecule has 35 heavy (non-hydrogen) atoms. The highest BCUT2D eigenvalue weighted by Crippen LogP contribution is 2.28. The second-order valence-corrected chi connectivity index (χ2v) is 8.58. The summed E-state index contributed by atoms with van der Waals surface area (Å²) in [7, 11) is 1.97. The quantitative estimate of drug-likeness (QED) is 0.187. The van der Waals surface area contributed by atoms with Gasteiger partial charge in [0.2, 0.25) is 5.56 Å². The van der Waals surface area contributed by atoms with Crippen LogP contribution in [0.5, 0.6) is 5.75 Å². The second kappa shape index (κ2) is 11.7. The van der Waals surface area contributed by atoms with Gasteiger partial charge in [-0.3, -0.25) is 4.79 Å². The minimum absolute atomic E-state index is 0.0129. The molecule has 7 nitrogen and oxygen atoms in total. The van der Waals surface area contributed by atoms with Crippen LogP contribution in [0.2, 0.25) is 0 Å². The summed E-state index contributed by atoms with van der Waals surface area (Å²) in [6, 6.07) is 25.2. The van der Waals surface area contributed by atoms with Crippen molar-refractivity contribution in [3.63, 3.8) is 0 Å². The number of aliphatic hydroxyl groups is 1. The van der Waals surface area contributed by atoms with E-state index in [4.69, 9.17) is 0 Å². The van der Waals surface area contributed by atoms with Crippen molar-refractivity contribution in [2.75, 3.05) is 32.0 Å². The zero-order chi connectivity index (χ0) is 24.6. The first-order valence-electron chi connectivity index (χ1n) is 11.8. The molecule has 1 aromatic heterocycles. The molecule has 0 spiro atoms. The lowest BCUT2D eigenvalue weighted by molar-refractivity contribution is 0.176. The maximum atomic E-state index is 11.6. The van der Waals surface area contributed by atoms with Crippen LogP contribution in [0.25, 0.3) is 10.9 Å². The molecule has 182 valence electrons. The van der Waals surface area contributed by atoms with Gasteiger partial charge in [0, 0.05) is 36.3 Å². The number of likely N-dealkylation sites (N-methyl/N-ethyl adjacent to an activating group) is 1. The van der Waals surface area contributed by atoms with Crippen LogP contribution in [0.15, 0.2) is 83.7 Å². The standard InChI is InChI=1S/C28H32N4O3/c1-29-24(20-5-3-2-4-6-20)17-31-21-9-7-19(8-10-21)15-16-30-18-26(34)22-11-13-25(33)28-23(22)12-14-27(35)32-28/h2-14,24,26,29-31,33-34H,15-18H2,1H3,(H,32,35)/t24-,26?/m0/s1. The van der Waals surface area contributed by atoms with Crippen molar-refractivity contribution in [3.8, 4) is 5.75 Å². The minimum atomic E-state index is -0.764. The number of H-pyrrole nitrogens is 1. The van der Waals surface area contributed by atoms with Crippen molar-refractivity contribution in [3.05, 3.63) is 106 Å². The molecule has 0 aliphatic rings. The molecule has 0 fully saturated rings. The van der Waals surface area contributed by atoms with Crippen LogP contribution in [-0.4, -0.2) is 41.9 Å². The molecule has 0 saturated carbocycles. The Morgan fingerprint density at radius 1 is 0.914 bits per heavy atom. The molecular formula is C28H32N4O3. The molecule has 6 N–H and O–H groups in total. The van der Waals surface area contributed by atoms with Gasteiger partial charge in [0.05, 0.1) is 11.6 Å². The summed E-state index contributed by atoms with van der Waals surface area (Å²) in [5.74, 6) is -0.0129. The predicted molar refractivity (Wildman–Crippen MR) is 141 cm³/mol. The number of aromatic hydroxyl groups is 1. The van der Waals surface area contributed by atoms with Crippen molar-refractivity contribution in [1.29, 1.82) is 0 Å². The summed E-state index contributed by atoms with van der Waals surface area (Å²) in [5.41, 5.74) is 4.24. The van der Waals surface area contributed by atoms with Crippen LogP contribution in [0.1, 0.15) is 28.8 Å². The number of phenolic OH excluding ortho intramolecular Hbond substituents is 1. The zero-order valence-electron chi connectivity index (χ0n) is 19.8. The van der Waals surface area contributed by atoms with E-state index in [9.17, 15) is 15.0 Å². The van der Waals surface area contributed by atoms with Gasteiger partial charge in [-0.25, -0.2) is 0 Å². The number of hydrogen-bond acceptors (Lipinski definition) is 6. The average Bonchev–Trinajstić information content (AvgIpc) is 2.89. The third-order valence-electron chi connectivity index (χ3n) is 6.21. The highest BCUT2D eigenvalue weighted by atomic mass is 16.3. The summed E-state index contributed by atoms with van der Waals surface area (Å²) >= 11 is 0. The Bertz CT molecular complexity index is 1290. The summed E-state index contributed by atoms with van der Waals surface area (Å²) in [6.45, 7) is 1.87. The van der Waals surface area contributed by atoms with E-state index in [0.717, 1.165) is 18.7 Å². The fourth-order valence-corrected chi connectivity index (χ4v) is 4.21. The molecule has 0 aliphatic carbocycles. The molecule has 4 aromatic rings. The molecular weight excluding hydrogens is 440 g/mol. The average molecular weight is 473 g/mol. The van der Waals surface area contributed by atoms with Crippen LogP contribution < -0.4 is 21.5 Å². The lowest BCUT2D eigenvalue weighted by Crippen LogP contribution is -2.24. The van der Waals surface area contributed by atoms with Gasteiger partial charge in [0.25, 0.3) is 0 Å². The van der Waals surface area contributed by atoms with E-state index in [-0.39, 0.29) is 17.4 Å². The van der Waals surface area contributed by atoms with Gasteiger partial charge in [-0.1, -0.05) is 48.5 Å². The summed E-state index contributed by atoms with van der Waals surface area (Å²) in [6.07, 6.45) is 0.0695. The molecule has 2 atom stereocenters. The molecule has 4 rings (SSSR count). The minimum Gasteiger partial charge on any atom is -0.506 e. The van der Waals surface area contributed by atoms with E-state index < -0.39 is 6.10 Å². The topological polar surface area (TPSA) is 109 Å². The first-order valence-corrected chi connectivity index (χ1v) is 11.8. The lowest BCUT2D eigenvalue weighted by Gasteiger charge is -2.18. The van der Waals surface area contributed by atoms with Gasteiger partial charge in [-0.2, -0.15) is 0 Å². The number of benzene rings is 3. The normalized spacial score (nSPS) is 13.0. The Morgan fingerprint density at radius 3 is 2.43 bits per heavy atom. The van der Waals surface area contributed by atoms with Crippen LogP contribution in [0.4, 0.5) is 5.69 Å². The largest absolute Gasteiger partial charge is 0.506 e. The molecule has 0 amide bonds. The first-order chi connectivity index (χ1) is 17.0. The van der Waals surface area contributed by atoms with Gasteiger partial charge < -0.3 is 31.1 Å². The fourth-order valence-electron chi connectivity index (χ4n) is 4.21. The summed E-state index contributed by atoms with van der Waals surface area (Å²) in [5, 5.41) is 31.5. The second-order valence-electron chi connectivity index (χ2n) is 8.58. The highest BCUT2D eigenvalue weighted by Gasteiger charge is 2.14. The summed E-state index contributed by atoms with van der Waals surface area (Å²) < 4.78 is 0. The van der Waals surface area contributed by atoms with Gasteiger partial charge in [-0.05, 0) is 61.0 Å². The van der Waals surface area contributed by atoms with Gasteiger partial charge in [-0.15, -0.1) is 0 Å². The smallest absolute Gasteiger partial charge is 0.248 e. The Balaban J connectivity index is 1.25. The van der Waals surface area contributed by atoms with E-state index in [0.29, 0.717) is 29.6 Å². The van der Waals surface area contributed by atoms with Crippen molar-refractivity contribution >= 4 is 16.6 Å². The van der Waals surface area contributed by atoms with Crippen LogP contribution in [0.3, 0.4) is 0 Å². The number of aromatic amines is 1. The molecule has 1 heterocycles. The van der Waals surface area contributed by atoms with Crippen LogP contribution >= 0.6 is 0 Å². The maximum absolute atomic E-state index is 11.6. The monoisotopic (exact) mass is 472 g/mol. The van der Waals surface area contributed by atoms with Crippen molar-refractivity contribution in [2.45, 2.75) is 18.6 Å². The maximum Gasteiger partial charge on any atom is 0.248 e. The number of rotatable bonds is 11. The van der Waals surface area contributed by atoms with Gasteiger partial charge in [0.1, 0.15) is 5.75 Å². The van der Waals surface area contributed by atoms with E-state index in [2.05, 4.69) is 69.5 Å². The molecule has 0 radical (unpaired) electrons. The van der Waals surface area contributed by atoms with E-state index >= 15 is 0 Å². The SMILES string of the molecule is CN[C@@H](CNc1ccc(CCNCC(O)c2ccc(O)c3[nH]c(=O)ccc23)cc1)c1ccccc1. The van der Waals surface area contributed by atoms with E-state index in [1.165, 1.54) is 23.3 Å². The van der Waals surface area contributed by atoms with Crippen LogP contribution in [0, 0.1) is 0 Å². The predicted octanol–water partition coefficient (Wildman–Crippen LogP) is 3.47. The van der Waals surface area contributed by atoms with Crippen molar-refractivity contribution in [2.24, 2.45) is 0 Å². The van der Waals surface area contributed by atoms with E-state index in [1.807, 2.05) is 13.1 Å². The highest BCUT2D eigenvalue weighted by molar-refractivity contribution is 5.87. The van der Waals surface area contributed by atoms with Gasteiger partial charge >= 0.3 is 0 Å². The van der Waals surface area contributed by atoms with Crippen LogP contribution in [-0.2, 0) is 6.42 Å². The first kappa shape index (κ1) is 24.5. The number of hydrogen-bond donors (Lipinski definition) is 6. The molecule has 0 bridgehead atoms. The van der Waals surface area contributed by atoms with Crippen molar-refractivity contribution in [1.82, 2.24) is 15.6 Å². The number of pyridine rings is 1. The number of nitrogens with one attached hydrogen (secondary N) is 4. The number of aliphatic hydroxyl groups excluding tert-OH is 1. The number of anilines is 1. The molecule has 1 unspecified atom stereocenters. The Labute approximate surface area is 204 Å². The number of phenols is 1. The third kappa shape index (κ3) is 6.27. The zero-order valence-corrected chi connectivity index (χ0v) is 19.8. The summed E-state index contributed by atoms with van der Waals surface area (Å²) in [4.78, 5) is 14.2. The van der Waals surface area contributed by atoms with E-state index in [1.54, 1.807) is 12.1 Å². The Morgan fingerprint density at radius 2 is 1.69 bits per heavy atom. The number of fused-ring (bicyclic) bond motifs is 1. The lowest BCUT2D eigenvalue weighted by atomic mass is 10.0.